The molecule has 0 spiro atoms. The van der Waals surface area contributed by atoms with Crippen LogP contribution in [0.25, 0.3) is 0 Å². The van der Waals surface area contributed by atoms with Gasteiger partial charge >= 0.3 is 10.4 Å². The second-order valence-electron chi connectivity index (χ2n) is 17.8. The molecule has 0 rings (SSSR count). The quantitative estimate of drug-likeness (QED) is 0.0287. The molecule has 0 radical (unpaired) electrons. The van der Waals surface area contributed by atoms with Crippen LogP contribution < -0.4 is 0 Å². The summed E-state index contributed by atoms with van der Waals surface area (Å²) in [5.74, 6) is 0. The maximum atomic E-state index is 11.7. The normalized spacial score (nSPS) is 12.3. The summed E-state index contributed by atoms with van der Waals surface area (Å²) < 4.78 is 37.6. The number of rotatable bonds is 48. The van der Waals surface area contributed by atoms with Gasteiger partial charge in [0.05, 0.1) is 0 Å². The first kappa shape index (κ1) is 54.8. The molecular formula is C49H100O5S. The van der Waals surface area contributed by atoms with E-state index in [9.17, 15) is 13.0 Å². The number of unbranched alkanes of at least 4 members (excludes halogenated alkanes) is 39. The van der Waals surface area contributed by atoms with E-state index in [1.165, 1.54) is 231 Å². The maximum absolute atomic E-state index is 11.7. The van der Waals surface area contributed by atoms with E-state index < -0.39 is 16.0 Å². The molecule has 0 amide bonds. The SMILES string of the molecule is CCCCCCCCCCCCCCCCC(CCCCCCCCCCCCCCCC)(CCCCCCCCCCCCCCCC)OOS(=O)(=O)O. The van der Waals surface area contributed by atoms with Crippen LogP contribution in [0.1, 0.15) is 310 Å². The van der Waals surface area contributed by atoms with Crippen molar-refractivity contribution in [1.82, 2.24) is 0 Å². The molecule has 332 valence electrons. The zero-order chi connectivity index (χ0) is 40.2. The Hall–Kier alpha value is -0.170. The average Bonchev–Trinajstić information content (AvgIpc) is 3.17. The van der Waals surface area contributed by atoms with E-state index in [-0.39, 0.29) is 0 Å². The van der Waals surface area contributed by atoms with Gasteiger partial charge in [-0.2, -0.15) is 8.42 Å². The molecule has 0 unspecified atom stereocenters. The topological polar surface area (TPSA) is 72.8 Å². The molecule has 0 aromatic rings. The Morgan fingerprint density at radius 1 is 0.309 bits per heavy atom. The van der Waals surface area contributed by atoms with Crippen LogP contribution in [0.2, 0.25) is 0 Å². The molecule has 0 atom stereocenters. The monoisotopic (exact) mass is 801 g/mol. The van der Waals surface area contributed by atoms with Crippen LogP contribution in [0.15, 0.2) is 0 Å². The van der Waals surface area contributed by atoms with Crippen molar-refractivity contribution in [3.8, 4) is 0 Å². The molecule has 0 heterocycles. The van der Waals surface area contributed by atoms with Gasteiger partial charge in [0.2, 0.25) is 0 Å². The highest BCUT2D eigenvalue weighted by Crippen LogP contribution is 2.34. The maximum Gasteiger partial charge on any atom is 0.424 e. The largest absolute Gasteiger partial charge is 0.424 e. The smallest absolute Gasteiger partial charge is 0.262 e. The fourth-order valence-corrected chi connectivity index (χ4v) is 8.77. The van der Waals surface area contributed by atoms with Gasteiger partial charge in [-0.3, -0.25) is 4.55 Å². The molecule has 1 N–H and O–H groups in total. The van der Waals surface area contributed by atoms with Gasteiger partial charge in [-0.1, -0.05) is 295 Å². The van der Waals surface area contributed by atoms with Gasteiger partial charge < -0.3 is 0 Å². The molecule has 0 saturated carbocycles. The molecule has 0 aromatic carbocycles. The van der Waals surface area contributed by atoms with Gasteiger partial charge in [0, 0.05) is 0 Å². The summed E-state index contributed by atoms with van der Waals surface area (Å²) >= 11 is 0. The van der Waals surface area contributed by atoms with E-state index in [1.807, 2.05) is 0 Å². The van der Waals surface area contributed by atoms with E-state index in [2.05, 4.69) is 20.8 Å². The third kappa shape index (κ3) is 43.2. The fourth-order valence-electron chi connectivity index (χ4n) is 8.54. The van der Waals surface area contributed by atoms with Crippen molar-refractivity contribution in [3.63, 3.8) is 0 Å². The van der Waals surface area contributed by atoms with Crippen molar-refractivity contribution in [2.75, 3.05) is 0 Å². The van der Waals surface area contributed by atoms with E-state index in [0.717, 1.165) is 57.8 Å². The third-order valence-corrected chi connectivity index (χ3v) is 12.5. The molecule has 0 bridgehead atoms. The van der Waals surface area contributed by atoms with Crippen molar-refractivity contribution >= 4 is 10.4 Å². The lowest BCUT2D eigenvalue weighted by Gasteiger charge is -2.32. The lowest BCUT2D eigenvalue weighted by atomic mass is 9.85. The summed E-state index contributed by atoms with van der Waals surface area (Å²) in [6.45, 7) is 6.85. The van der Waals surface area contributed by atoms with E-state index in [1.54, 1.807) is 0 Å². The Kier molecular flexibility index (Phi) is 43.3. The van der Waals surface area contributed by atoms with Crippen LogP contribution in [0.4, 0.5) is 0 Å². The minimum absolute atomic E-state index is 0.638. The molecule has 0 aromatic heterocycles. The molecule has 0 aliphatic heterocycles. The Morgan fingerprint density at radius 3 is 0.636 bits per heavy atom. The predicted molar refractivity (Wildman–Crippen MR) is 241 cm³/mol. The molecule has 0 aliphatic rings. The Bertz CT molecular complexity index is 752. The van der Waals surface area contributed by atoms with E-state index in [0.29, 0.717) is 0 Å². The summed E-state index contributed by atoms with van der Waals surface area (Å²) in [6, 6.07) is 0. The van der Waals surface area contributed by atoms with Gasteiger partial charge in [0.15, 0.2) is 0 Å². The summed E-state index contributed by atoms with van der Waals surface area (Å²) in [6.07, 6.45) is 57.7. The van der Waals surface area contributed by atoms with Gasteiger partial charge in [-0.05, 0) is 19.3 Å². The van der Waals surface area contributed by atoms with Gasteiger partial charge in [0.1, 0.15) is 5.60 Å². The first-order valence-electron chi connectivity index (χ1n) is 25.2. The molecule has 6 heteroatoms. The third-order valence-electron chi connectivity index (χ3n) is 12.3. The molecular weight excluding hydrogens is 701 g/mol. The van der Waals surface area contributed by atoms with Crippen molar-refractivity contribution in [2.45, 2.75) is 315 Å². The summed E-state index contributed by atoms with van der Waals surface area (Å²) in [7, 11) is -4.66. The van der Waals surface area contributed by atoms with Crippen molar-refractivity contribution in [3.05, 3.63) is 0 Å². The van der Waals surface area contributed by atoms with Gasteiger partial charge in [-0.25, -0.2) is 4.89 Å². The van der Waals surface area contributed by atoms with E-state index >= 15 is 0 Å². The highest BCUT2D eigenvalue weighted by atomic mass is 32.3. The predicted octanol–water partition coefficient (Wildman–Crippen LogP) is 18.1. The van der Waals surface area contributed by atoms with Gasteiger partial charge in [-0.15, -0.1) is 0 Å². The van der Waals surface area contributed by atoms with Crippen molar-refractivity contribution < 1.29 is 22.2 Å². The standard InChI is InChI=1S/C49H100O5S/c1-4-7-10-13-16-19-22-25-28-31-34-37-40-43-46-49(53-54-55(50,51)52,47-44-41-38-35-32-29-26-23-20-17-14-11-8-5-2)48-45-42-39-36-33-30-27-24-21-18-15-12-9-6-3/h4-48H2,1-3H3,(H,50,51,52). The molecule has 0 fully saturated rings. The highest BCUT2D eigenvalue weighted by molar-refractivity contribution is 7.80. The van der Waals surface area contributed by atoms with Crippen molar-refractivity contribution in [1.29, 1.82) is 0 Å². The molecule has 0 saturated heterocycles. The van der Waals surface area contributed by atoms with Crippen LogP contribution in [0.5, 0.6) is 0 Å². The first-order chi connectivity index (χ1) is 26.9. The highest BCUT2D eigenvalue weighted by Gasteiger charge is 2.33. The second-order valence-corrected chi connectivity index (χ2v) is 18.8. The number of hydrogen-bond acceptors (Lipinski definition) is 4. The van der Waals surface area contributed by atoms with Gasteiger partial charge in [0.25, 0.3) is 0 Å². The molecule has 5 nitrogen and oxygen atoms in total. The lowest BCUT2D eigenvalue weighted by Crippen LogP contribution is -2.34. The minimum Gasteiger partial charge on any atom is -0.262 e. The second kappa shape index (κ2) is 43.4. The molecule has 0 aliphatic carbocycles. The Balaban J connectivity index is 4.65. The van der Waals surface area contributed by atoms with E-state index in [4.69, 9.17) is 9.22 Å². The number of hydrogen-bond donors (Lipinski definition) is 1. The average molecular weight is 801 g/mol. The van der Waals surface area contributed by atoms with Crippen molar-refractivity contribution in [2.24, 2.45) is 0 Å². The first-order valence-corrected chi connectivity index (χ1v) is 26.6. The summed E-state index contributed by atoms with van der Waals surface area (Å²) in [4.78, 5) is 5.80. The summed E-state index contributed by atoms with van der Waals surface area (Å²) in [5.41, 5.74) is -0.638. The lowest BCUT2D eigenvalue weighted by molar-refractivity contribution is -0.301. The fraction of sp³-hybridized carbons (Fsp3) is 1.00. The van der Waals surface area contributed by atoms with Crippen LogP contribution in [0.3, 0.4) is 0 Å². The zero-order valence-electron chi connectivity index (χ0n) is 37.8. The minimum atomic E-state index is -4.66. The Labute approximate surface area is 346 Å². The molecule has 55 heavy (non-hydrogen) atoms. The van der Waals surface area contributed by atoms with Crippen LogP contribution in [-0.2, 0) is 19.6 Å². The van der Waals surface area contributed by atoms with Crippen LogP contribution in [-0.4, -0.2) is 18.6 Å². The zero-order valence-corrected chi connectivity index (χ0v) is 38.6. The summed E-state index contributed by atoms with van der Waals surface area (Å²) in [5, 5.41) is 0. The van der Waals surface area contributed by atoms with Crippen LogP contribution >= 0.6 is 0 Å². The Morgan fingerprint density at radius 2 is 0.473 bits per heavy atom. The van der Waals surface area contributed by atoms with Crippen LogP contribution in [0, 0.1) is 0 Å².